The van der Waals surface area contributed by atoms with Crippen LogP contribution in [0.5, 0.6) is 0 Å². The number of H-pyrrole nitrogens is 1. The number of ether oxygens (including phenoxy) is 1. The van der Waals surface area contributed by atoms with Crippen LogP contribution in [0.15, 0.2) is 59.6 Å². The van der Waals surface area contributed by atoms with Crippen LogP contribution in [0.2, 0.25) is 0 Å². The van der Waals surface area contributed by atoms with Crippen molar-refractivity contribution in [2.45, 2.75) is 45.3 Å². The molecule has 2 N–H and O–H groups in total. The number of aliphatic imine (C=N–C) groups is 1. The molecule has 9 heteroatoms. The van der Waals surface area contributed by atoms with Gasteiger partial charge in [0, 0.05) is 29.1 Å². The lowest BCUT2D eigenvalue weighted by Crippen LogP contribution is -2.34. The lowest BCUT2D eigenvalue weighted by atomic mass is 9.98. The van der Waals surface area contributed by atoms with Gasteiger partial charge in [-0.3, -0.25) is 4.99 Å². The van der Waals surface area contributed by atoms with E-state index in [4.69, 9.17) is 4.74 Å². The summed E-state index contributed by atoms with van der Waals surface area (Å²) in [6, 6.07) is 18.8. The monoisotopic (exact) mass is 481 g/mol. The maximum Gasteiger partial charge on any atom is 0.351 e. The molecule has 1 saturated carbocycles. The van der Waals surface area contributed by atoms with Gasteiger partial charge in [-0.15, -0.1) is 10.2 Å². The molecule has 9 nitrogen and oxygen atoms in total. The van der Waals surface area contributed by atoms with Gasteiger partial charge in [0.15, 0.2) is 0 Å². The SMILES string of the molecule is CCOC(=O)C1N=C(C)c2cc(C3CC3)n(Cc3ccc(-c4ccccc4-c4nn[nH]n4)cc3)c2N1. The number of rotatable bonds is 7. The van der Waals surface area contributed by atoms with E-state index in [1.54, 1.807) is 6.92 Å². The summed E-state index contributed by atoms with van der Waals surface area (Å²) < 4.78 is 7.53. The number of nitrogens with zero attached hydrogens (tertiary/aromatic N) is 5. The van der Waals surface area contributed by atoms with Gasteiger partial charge < -0.3 is 14.6 Å². The van der Waals surface area contributed by atoms with Crippen LogP contribution in [-0.2, 0) is 16.1 Å². The van der Waals surface area contributed by atoms with E-state index in [1.807, 2.05) is 25.1 Å². The van der Waals surface area contributed by atoms with Crippen LogP contribution in [0.4, 0.5) is 5.82 Å². The minimum absolute atomic E-state index is 0.328. The number of carbonyl (C=O) groups is 1. The van der Waals surface area contributed by atoms with Crippen molar-refractivity contribution in [2.24, 2.45) is 4.99 Å². The summed E-state index contributed by atoms with van der Waals surface area (Å²) >= 11 is 0. The number of aromatic nitrogens is 5. The van der Waals surface area contributed by atoms with Gasteiger partial charge in [0.2, 0.25) is 12.0 Å². The Kier molecular flexibility index (Phi) is 5.59. The summed E-state index contributed by atoms with van der Waals surface area (Å²) in [5.74, 6) is 1.70. The fourth-order valence-electron chi connectivity index (χ4n) is 4.82. The minimum atomic E-state index is -0.720. The Morgan fingerprint density at radius 3 is 2.56 bits per heavy atom. The molecule has 2 aliphatic rings. The molecule has 1 aliphatic heterocycles. The molecule has 1 unspecified atom stereocenters. The molecule has 0 radical (unpaired) electrons. The summed E-state index contributed by atoms with van der Waals surface area (Å²) in [6.45, 7) is 4.79. The molecule has 6 rings (SSSR count). The molecule has 2 aromatic heterocycles. The third kappa shape index (κ3) is 4.06. The zero-order chi connectivity index (χ0) is 24.6. The highest BCUT2D eigenvalue weighted by Crippen LogP contribution is 2.44. The van der Waals surface area contributed by atoms with Gasteiger partial charge in [0.25, 0.3) is 0 Å². The predicted octanol–water partition coefficient (Wildman–Crippen LogP) is 4.38. The molecule has 0 bridgehead atoms. The Bertz CT molecular complexity index is 1430. The van der Waals surface area contributed by atoms with E-state index in [0.717, 1.165) is 33.8 Å². The fraction of sp³-hybridized carbons (Fsp3) is 0.296. The number of anilines is 1. The molecule has 2 aromatic carbocycles. The number of hydrogen-bond donors (Lipinski definition) is 2. The molecule has 0 amide bonds. The lowest BCUT2D eigenvalue weighted by Gasteiger charge is -2.23. The Balaban J connectivity index is 1.31. The molecule has 1 fully saturated rings. The summed E-state index contributed by atoms with van der Waals surface area (Å²) in [5.41, 5.74) is 7.44. The third-order valence-corrected chi connectivity index (χ3v) is 6.74. The van der Waals surface area contributed by atoms with Crippen LogP contribution >= 0.6 is 0 Å². The molecule has 3 heterocycles. The van der Waals surface area contributed by atoms with E-state index in [1.165, 1.54) is 24.1 Å². The number of fused-ring (bicyclic) bond motifs is 1. The van der Waals surface area contributed by atoms with Gasteiger partial charge in [-0.1, -0.05) is 48.5 Å². The average Bonchev–Trinajstić information content (AvgIpc) is 3.46. The average molecular weight is 482 g/mol. The van der Waals surface area contributed by atoms with Gasteiger partial charge in [-0.25, -0.2) is 4.79 Å². The molecule has 4 aromatic rings. The quantitative estimate of drug-likeness (QED) is 0.379. The Morgan fingerprint density at radius 1 is 1.08 bits per heavy atom. The molecule has 0 saturated heterocycles. The fourth-order valence-corrected chi connectivity index (χ4v) is 4.82. The number of benzene rings is 2. The highest BCUT2D eigenvalue weighted by molar-refractivity contribution is 6.06. The van der Waals surface area contributed by atoms with Crippen LogP contribution in [0.25, 0.3) is 22.5 Å². The zero-order valence-electron chi connectivity index (χ0n) is 20.2. The second kappa shape index (κ2) is 9.07. The van der Waals surface area contributed by atoms with Crippen molar-refractivity contribution in [1.82, 2.24) is 25.2 Å². The molecule has 36 heavy (non-hydrogen) atoms. The molecule has 182 valence electrons. The van der Waals surface area contributed by atoms with Crippen molar-refractivity contribution in [2.75, 3.05) is 11.9 Å². The summed E-state index contributed by atoms with van der Waals surface area (Å²) in [6.07, 6.45) is 1.65. The number of esters is 1. The van der Waals surface area contributed by atoms with Crippen LogP contribution in [-0.4, -0.2) is 49.6 Å². The zero-order valence-corrected chi connectivity index (χ0v) is 20.2. The Morgan fingerprint density at radius 2 is 1.86 bits per heavy atom. The highest BCUT2D eigenvalue weighted by Gasteiger charge is 2.34. The first kappa shape index (κ1) is 22.2. The second-order valence-corrected chi connectivity index (χ2v) is 9.18. The van der Waals surface area contributed by atoms with Crippen LogP contribution in [0.3, 0.4) is 0 Å². The van der Waals surface area contributed by atoms with Crippen molar-refractivity contribution in [3.8, 4) is 22.5 Å². The normalized spacial score (nSPS) is 16.7. The minimum Gasteiger partial charge on any atom is -0.463 e. The largest absolute Gasteiger partial charge is 0.463 e. The first-order chi connectivity index (χ1) is 17.6. The van der Waals surface area contributed by atoms with Crippen molar-refractivity contribution in [1.29, 1.82) is 0 Å². The highest BCUT2D eigenvalue weighted by atomic mass is 16.5. The first-order valence-corrected chi connectivity index (χ1v) is 12.3. The predicted molar refractivity (Wildman–Crippen MR) is 137 cm³/mol. The van der Waals surface area contributed by atoms with E-state index in [-0.39, 0.29) is 5.97 Å². The smallest absolute Gasteiger partial charge is 0.351 e. The van der Waals surface area contributed by atoms with E-state index < -0.39 is 6.17 Å². The third-order valence-electron chi connectivity index (χ3n) is 6.74. The molecule has 1 aliphatic carbocycles. The van der Waals surface area contributed by atoms with E-state index in [9.17, 15) is 4.79 Å². The van der Waals surface area contributed by atoms with Gasteiger partial charge >= 0.3 is 5.97 Å². The van der Waals surface area contributed by atoms with Crippen LogP contribution < -0.4 is 5.32 Å². The second-order valence-electron chi connectivity index (χ2n) is 9.18. The number of carbonyl (C=O) groups excluding carboxylic acids is 1. The van der Waals surface area contributed by atoms with Gasteiger partial charge in [0.05, 0.1) is 6.61 Å². The summed E-state index contributed by atoms with van der Waals surface area (Å²) in [7, 11) is 0. The van der Waals surface area contributed by atoms with E-state index in [0.29, 0.717) is 24.9 Å². The number of aromatic amines is 1. The van der Waals surface area contributed by atoms with E-state index >= 15 is 0 Å². The molecular weight excluding hydrogens is 454 g/mol. The van der Waals surface area contributed by atoms with Crippen molar-refractivity contribution in [3.63, 3.8) is 0 Å². The topological polar surface area (TPSA) is 110 Å². The van der Waals surface area contributed by atoms with Crippen molar-refractivity contribution in [3.05, 3.63) is 71.4 Å². The lowest BCUT2D eigenvalue weighted by molar-refractivity contribution is -0.143. The molecule has 1 atom stereocenters. The summed E-state index contributed by atoms with van der Waals surface area (Å²) in [5, 5.41) is 17.9. The Hall–Kier alpha value is -4.27. The molecule has 0 spiro atoms. The summed E-state index contributed by atoms with van der Waals surface area (Å²) in [4.78, 5) is 17.0. The Labute approximate surface area is 208 Å². The van der Waals surface area contributed by atoms with Crippen molar-refractivity contribution < 1.29 is 9.53 Å². The van der Waals surface area contributed by atoms with Crippen molar-refractivity contribution >= 4 is 17.5 Å². The first-order valence-electron chi connectivity index (χ1n) is 12.3. The number of nitrogens with one attached hydrogen (secondary N) is 2. The standard InChI is InChI=1S/C27H27N7O2/c1-3-36-27(35)25-28-16(2)22-14-23(19-12-13-19)34(26(22)29-25)15-17-8-10-18(11-9-17)20-6-4-5-7-21(20)24-30-32-33-31-24/h4-11,14,19,25,29H,3,12-13,15H2,1-2H3,(H,30,31,32,33). The van der Waals surface area contributed by atoms with Gasteiger partial charge in [-0.05, 0) is 60.6 Å². The van der Waals surface area contributed by atoms with Crippen LogP contribution in [0.1, 0.15) is 49.4 Å². The maximum atomic E-state index is 12.4. The number of tetrazole rings is 1. The van der Waals surface area contributed by atoms with E-state index in [2.05, 4.69) is 71.9 Å². The van der Waals surface area contributed by atoms with Gasteiger partial charge in [-0.2, -0.15) is 5.21 Å². The number of hydrogen-bond acceptors (Lipinski definition) is 7. The van der Waals surface area contributed by atoms with Crippen LogP contribution in [0, 0.1) is 0 Å². The maximum absolute atomic E-state index is 12.4. The molecular formula is C27H27N7O2. The van der Waals surface area contributed by atoms with Gasteiger partial charge in [0.1, 0.15) is 5.82 Å².